The van der Waals surface area contributed by atoms with Gasteiger partial charge in [-0.25, -0.2) is 0 Å². The summed E-state index contributed by atoms with van der Waals surface area (Å²) in [6.45, 7) is 4.35. The standard InChI is InChI=1S/C10H18ClNO2/c1-3-8(11)10(14)12-6-4-5-9(12)7(2)13/h7-9,13H,3-6H2,1-2H3. The SMILES string of the molecule is CCC(Cl)C(=O)N1CCCC1C(C)O. The van der Waals surface area contributed by atoms with Crippen LogP contribution in [0.15, 0.2) is 0 Å². The van der Waals surface area contributed by atoms with Crippen LogP contribution in [0.5, 0.6) is 0 Å². The normalized spacial score (nSPS) is 26.3. The molecule has 3 unspecified atom stereocenters. The highest BCUT2D eigenvalue weighted by Crippen LogP contribution is 2.22. The van der Waals surface area contributed by atoms with Crippen LogP contribution in [-0.2, 0) is 4.79 Å². The lowest BCUT2D eigenvalue weighted by molar-refractivity contribution is -0.133. The molecule has 3 nitrogen and oxygen atoms in total. The van der Waals surface area contributed by atoms with Gasteiger partial charge in [-0.2, -0.15) is 0 Å². The van der Waals surface area contributed by atoms with E-state index in [2.05, 4.69) is 0 Å². The Hall–Kier alpha value is -0.280. The molecule has 4 heteroatoms. The molecule has 0 radical (unpaired) electrons. The maximum atomic E-state index is 11.8. The van der Waals surface area contributed by atoms with E-state index in [4.69, 9.17) is 11.6 Å². The van der Waals surface area contributed by atoms with Crippen molar-refractivity contribution in [3.05, 3.63) is 0 Å². The fraction of sp³-hybridized carbons (Fsp3) is 0.900. The van der Waals surface area contributed by atoms with E-state index in [9.17, 15) is 9.90 Å². The van der Waals surface area contributed by atoms with E-state index in [0.29, 0.717) is 6.42 Å². The van der Waals surface area contributed by atoms with Crippen LogP contribution >= 0.6 is 11.6 Å². The zero-order chi connectivity index (χ0) is 10.7. The number of rotatable bonds is 3. The number of hydrogen-bond acceptors (Lipinski definition) is 2. The molecular formula is C10H18ClNO2. The molecule has 1 saturated heterocycles. The topological polar surface area (TPSA) is 40.5 Å². The van der Waals surface area contributed by atoms with Crippen molar-refractivity contribution in [2.75, 3.05) is 6.54 Å². The Labute approximate surface area is 90.0 Å². The fourth-order valence-corrected chi connectivity index (χ4v) is 2.05. The number of halogens is 1. The Kier molecular flexibility index (Phi) is 4.20. The number of hydrogen-bond donors (Lipinski definition) is 1. The van der Waals surface area contributed by atoms with E-state index < -0.39 is 11.5 Å². The number of aliphatic hydroxyl groups is 1. The molecule has 1 aliphatic rings. The quantitative estimate of drug-likeness (QED) is 0.729. The van der Waals surface area contributed by atoms with Gasteiger partial charge in [-0.3, -0.25) is 4.79 Å². The highest BCUT2D eigenvalue weighted by molar-refractivity contribution is 6.30. The highest BCUT2D eigenvalue weighted by atomic mass is 35.5. The fourth-order valence-electron chi connectivity index (χ4n) is 1.92. The lowest BCUT2D eigenvalue weighted by Gasteiger charge is -2.28. The zero-order valence-electron chi connectivity index (χ0n) is 8.74. The van der Waals surface area contributed by atoms with Gasteiger partial charge in [0.25, 0.3) is 0 Å². The molecule has 0 spiro atoms. The summed E-state index contributed by atoms with van der Waals surface area (Å²) in [6, 6.07) is -0.0321. The van der Waals surface area contributed by atoms with Crippen molar-refractivity contribution in [1.82, 2.24) is 4.90 Å². The summed E-state index contributed by atoms with van der Waals surface area (Å²) in [5.41, 5.74) is 0. The molecule has 0 aromatic carbocycles. The van der Waals surface area contributed by atoms with Gasteiger partial charge in [0.15, 0.2) is 0 Å². The number of aliphatic hydroxyl groups excluding tert-OH is 1. The molecule has 82 valence electrons. The Balaban J connectivity index is 2.62. The van der Waals surface area contributed by atoms with Crippen molar-refractivity contribution in [2.45, 2.75) is 50.6 Å². The summed E-state index contributed by atoms with van der Waals surface area (Å²) in [4.78, 5) is 13.5. The first-order valence-corrected chi connectivity index (χ1v) is 5.64. The van der Waals surface area contributed by atoms with Crippen molar-refractivity contribution < 1.29 is 9.90 Å². The van der Waals surface area contributed by atoms with Crippen LogP contribution in [0.25, 0.3) is 0 Å². The van der Waals surface area contributed by atoms with Gasteiger partial charge in [0.05, 0.1) is 12.1 Å². The molecule has 1 aliphatic heterocycles. The van der Waals surface area contributed by atoms with Crippen LogP contribution in [-0.4, -0.2) is 40.0 Å². The number of alkyl halides is 1. The lowest BCUT2D eigenvalue weighted by Crippen LogP contribution is -2.44. The van der Waals surface area contributed by atoms with Gasteiger partial charge in [-0.1, -0.05) is 6.92 Å². The molecule has 1 fully saturated rings. The average molecular weight is 220 g/mol. The van der Waals surface area contributed by atoms with Crippen LogP contribution in [0.1, 0.15) is 33.1 Å². The molecule has 1 amide bonds. The molecule has 14 heavy (non-hydrogen) atoms. The summed E-state index contributed by atoms with van der Waals surface area (Å²) in [5, 5.41) is 9.05. The summed E-state index contributed by atoms with van der Waals surface area (Å²) in [7, 11) is 0. The molecule has 0 bridgehead atoms. The minimum atomic E-state index is -0.456. The maximum absolute atomic E-state index is 11.8. The first kappa shape index (κ1) is 11.8. The summed E-state index contributed by atoms with van der Waals surface area (Å²) < 4.78 is 0. The van der Waals surface area contributed by atoms with Gasteiger partial charge < -0.3 is 10.0 Å². The second-order valence-electron chi connectivity index (χ2n) is 3.86. The van der Waals surface area contributed by atoms with Crippen LogP contribution in [0.3, 0.4) is 0 Å². The Morgan fingerprint density at radius 2 is 2.36 bits per heavy atom. The summed E-state index contributed by atoms with van der Waals surface area (Å²) in [5.74, 6) is -0.0300. The van der Waals surface area contributed by atoms with Crippen LogP contribution in [0, 0.1) is 0 Å². The van der Waals surface area contributed by atoms with Gasteiger partial charge >= 0.3 is 0 Å². The molecule has 0 aromatic rings. The zero-order valence-corrected chi connectivity index (χ0v) is 9.50. The van der Waals surface area contributed by atoms with E-state index in [0.717, 1.165) is 19.4 Å². The molecule has 1 heterocycles. The third-order valence-electron chi connectivity index (χ3n) is 2.77. The van der Waals surface area contributed by atoms with E-state index in [1.54, 1.807) is 11.8 Å². The number of likely N-dealkylation sites (tertiary alicyclic amines) is 1. The Morgan fingerprint density at radius 3 is 2.86 bits per heavy atom. The lowest BCUT2D eigenvalue weighted by atomic mass is 10.1. The van der Waals surface area contributed by atoms with Crippen molar-refractivity contribution in [1.29, 1.82) is 0 Å². The Morgan fingerprint density at radius 1 is 1.71 bits per heavy atom. The first-order valence-electron chi connectivity index (χ1n) is 5.20. The third kappa shape index (κ3) is 2.39. The largest absolute Gasteiger partial charge is 0.391 e. The molecule has 1 N–H and O–H groups in total. The van der Waals surface area contributed by atoms with Gasteiger partial charge in [0.1, 0.15) is 5.38 Å². The van der Waals surface area contributed by atoms with E-state index in [1.165, 1.54) is 0 Å². The molecule has 0 saturated carbocycles. The van der Waals surface area contributed by atoms with Gasteiger partial charge in [-0.15, -0.1) is 11.6 Å². The van der Waals surface area contributed by atoms with Crippen molar-refractivity contribution >= 4 is 17.5 Å². The molecule has 1 rings (SSSR count). The highest BCUT2D eigenvalue weighted by Gasteiger charge is 2.33. The minimum absolute atomic E-state index is 0.0300. The molecule has 3 atom stereocenters. The number of nitrogens with zero attached hydrogens (tertiary/aromatic N) is 1. The third-order valence-corrected chi connectivity index (χ3v) is 3.26. The van der Waals surface area contributed by atoms with E-state index in [1.807, 2.05) is 6.92 Å². The van der Waals surface area contributed by atoms with E-state index in [-0.39, 0.29) is 11.9 Å². The van der Waals surface area contributed by atoms with Crippen LogP contribution in [0.2, 0.25) is 0 Å². The minimum Gasteiger partial charge on any atom is -0.391 e. The maximum Gasteiger partial charge on any atom is 0.240 e. The number of carbonyl (C=O) groups excluding carboxylic acids is 1. The second-order valence-corrected chi connectivity index (χ2v) is 4.38. The molecular weight excluding hydrogens is 202 g/mol. The monoisotopic (exact) mass is 219 g/mol. The second kappa shape index (κ2) is 4.99. The molecule has 0 aliphatic carbocycles. The van der Waals surface area contributed by atoms with Gasteiger partial charge in [0.2, 0.25) is 5.91 Å². The summed E-state index contributed by atoms with van der Waals surface area (Å²) >= 11 is 5.89. The first-order chi connectivity index (χ1) is 6.57. The van der Waals surface area contributed by atoms with Crippen LogP contribution in [0.4, 0.5) is 0 Å². The van der Waals surface area contributed by atoms with Crippen molar-refractivity contribution in [2.24, 2.45) is 0 Å². The number of carbonyl (C=O) groups is 1. The smallest absolute Gasteiger partial charge is 0.240 e. The predicted molar refractivity (Wildman–Crippen MR) is 56.3 cm³/mol. The molecule has 0 aromatic heterocycles. The van der Waals surface area contributed by atoms with Crippen molar-refractivity contribution in [3.63, 3.8) is 0 Å². The number of amides is 1. The predicted octanol–water partition coefficient (Wildman–Crippen LogP) is 1.38. The average Bonchev–Trinajstić information content (AvgIpc) is 2.63. The van der Waals surface area contributed by atoms with Gasteiger partial charge in [0, 0.05) is 6.54 Å². The summed E-state index contributed by atoms with van der Waals surface area (Å²) in [6.07, 6.45) is 2.04. The van der Waals surface area contributed by atoms with Gasteiger partial charge in [-0.05, 0) is 26.2 Å². The van der Waals surface area contributed by atoms with E-state index >= 15 is 0 Å². The van der Waals surface area contributed by atoms with Crippen LogP contribution < -0.4 is 0 Å². The van der Waals surface area contributed by atoms with Crippen molar-refractivity contribution in [3.8, 4) is 0 Å². The Bertz CT molecular complexity index is 208.